The highest BCUT2D eigenvalue weighted by Gasteiger charge is 2.22. The number of nitrogens with zero attached hydrogens (tertiary/aromatic N) is 1. The molecule has 1 aliphatic rings. The predicted molar refractivity (Wildman–Crippen MR) is 118 cm³/mol. The Morgan fingerprint density at radius 3 is 2.76 bits per heavy atom. The minimum Gasteiger partial charge on any atom is -0.339 e. The van der Waals surface area contributed by atoms with Gasteiger partial charge in [-0.2, -0.15) is 0 Å². The molecule has 6 heteroatoms. The maximum Gasteiger partial charge on any atom is 0.319 e. The van der Waals surface area contributed by atoms with E-state index in [4.69, 9.17) is 11.6 Å². The fourth-order valence-corrected chi connectivity index (χ4v) is 3.56. The average Bonchev–Trinajstić information content (AvgIpc) is 2.72. The molecular weight excluding hydrogens is 386 g/mol. The van der Waals surface area contributed by atoms with Gasteiger partial charge in [0.2, 0.25) is 5.91 Å². The van der Waals surface area contributed by atoms with Gasteiger partial charge in [-0.15, -0.1) is 0 Å². The Hall–Kier alpha value is -2.79. The van der Waals surface area contributed by atoms with Crippen molar-refractivity contribution in [3.8, 4) is 0 Å². The van der Waals surface area contributed by atoms with Crippen LogP contribution in [0.3, 0.4) is 0 Å². The SMILES string of the molecule is Cc1ccc(NC(=O)NCC2CCCN(C(=O)/C=C/c3cccc(Cl)c3)C2)cc1. The van der Waals surface area contributed by atoms with Crippen molar-refractivity contribution in [2.75, 3.05) is 25.0 Å². The summed E-state index contributed by atoms with van der Waals surface area (Å²) in [6.45, 7) is 3.93. The number of anilines is 1. The number of halogens is 1. The summed E-state index contributed by atoms with van der Waals surface area (Å²) in [4.78, 5) is 26.5. The van der Waals surface area contributed by atoms with Crippen molar-refractivity contribution in [2.24, 2.45) is 5.92 Å². The summed E-state index contributed by atoms with van der Waals surface area (Å²) in [6.07, 6.45) is 5.30. The molecule has 152 valence electrons. The van der Waals surface area contributed by atoms with Crippen molar-refractivity contribution in [3.05, 3.63) is 70.8 Å². The van der Waals surface area contributed by atoms with Crippen LogP contribution in [0, 0.1) is 12.8 Å². The summed E-state index contributed by atoms with van der Waals surface area (Å²) >= 11 is 5.98. The summed E-state index contributed by atoms with van der Waals surface area (Å²) in [6, 6.07) is 14.8. The van der Waals surface area contributed by atoms with Gasteiger partial charge in [-0.25, -0.2) is 4.79 Å². The Bertz CT molecular complexity index is 880. The molecule has 1 atom stereocenters. The molecule has 0 spiro atoms. The van der Waals surface area contributed by atoms with E-state index in [1.807, 2.05) is 54.3 Å². The molecule has 2 aromatic rings. The smallest absolute Gasteiger partial charge is 0.319 e. The average molecular weight is 412 g/mol. The van der Waals surface area contributed by atoms with Crippen molar-refractivity contribution in [1.29, 1.82) is 0 Å². The van der Waals surface area contributed by atoms with Crippen molar-refractivity contribution in [1.82, 2.24) is 10.2 Å². The first-order valence-corrected chi connectivity index (χ1v) is 10.2. The summed E-state index contributed by atoms with van der Waals surface area (Å²) in [7, 11) is 0. The standard InChI is InChI=1S/C23H26ClN3O2/c1-17-7-10-21(11-8-17)26-23(29)25-15-19-5-3-13-27(16-19)22(28)12-9-18-4-2-6-20(24)14-18/h2,4,6-12,14,19H,3,5,13,15-16H2,1H3,(H2,25,26,29)/b12-9+. The molecule has 0 radical (unpaired) electrons. The number of carbonyl (C=O) groups excluding carboxylic acids is 2. The number of aryl methyl sites for hydroxylation is 1. The summed E-state index contributed by atoms with van der Waals surface area (Å²) in [5.41, 5.74) is 2.81. The third-order valence-corrected chi connectivity index (χ3v) is 5.19. The fraction of sp³-hybridized carbons (Fsp3) is 0.304. The van der Waals surface area contributed by atoms with Crippen LogP contribution < -0.4 is 10.6 Å². The number of hydrogen-bond acceptors (Lipinski definition) is 2. The Morgan fingerprint density at radius 1 is 1.21 bits per heavy atom. The number of carbonyl (C=O) groups is 2. The maximum atomic E-state index is 12.5. The Morgan fingerprint density at radius 2 is 2.00 bits per heavy atom. The number of rotatable bonds is 5. The molecule has 0 saturated carbocycles. The van der Waals surface area contributed by atoms with Crippen LogP contribution in [0.2, 0.25) is 5.02 Å². The van der Waals surface area contributed by atoms with Crippen LogP contribution in [0.4, 0.5) is 10.5 Å². The minimum atomic E-state index is -0.224. The second kappa shape index (κ2) is 10.1. The highest BCUT2D eigenvalue weighted by molar-refractivity contribution is 6.30. The number of amides is 3. The van der Waals surface area contributed by atoms with E-state index < -0.39 is 0 Å². The van der Waals surface area contributed by atoms with Gasteiger partial charge in [0.1, 0.15) is 0 Å². The third-order valence-electron chi connectivity index (χ3n) is 4.96. The molecule has 5 nitrogen and oxygen atoms in total. The second-order valence-corrected chi connectivity index (χ2v) is 7.82. The molecule has 0 bridgehead atoms. The van der Waals surface area contributed by atoms with E-state index in [0.717, 1.165) is 36.2 Å². The van der Waals surface area contributed by atoms with Crippen LogP contribution in [0.1, 0.15) is 24.0 Å². The monoisotopic (exact) mass is 411 g/mol. The van der Waals surface area contributed by atoms with Crippen molar-refractivity contribution >= 4 is 35.3 Å². The fourth-order valence-electron chi connectivity index (χ4n) is 3.36. The first-order chi connectivity index (χ1) is 14.0. The molecule has 2 N–H and O–H groups in total. The summed E-state index contributed by atoms with van der Waals surface area (Å²) in [5.74, 6) is 0.231. The summed E-state index contributed by atoms with van der Waals surface area (Å²) in [5, 5.41) is 6.40. The van der Waals surface area contributed by atoms with Gasteiger partial charge in [0.25, 0.3) is 0 Å². The largest absolute Gasteiger partial charge is 0.339 e. The molecule has 2 aromatic carbocycles. The molecule has 0 aliphatic carbocycles. The number of nitrogens with one attached hydrogen (secondary N) is 2. The van der Waals surface area contributed by atoms with E-state index in [1.54, 1.807) is 18.2 Å². The molecule has 1 fully saturated rings. The van der Waals surface area contributed by atoms with E-state index in [1.165, 1.54) is 0 Å². The van der Waals surface area contributed by atoms with Crippen molar-refractivity contribution in [2.45, 2.75) is 19.8 Å². The van der Waals surface area contributed by atoms with Gasteiger partial charge in [0.05, 0.1) is 0 Å². The Labute approximate surface area is 176 Å². The zero-order valence-electron chi connectivity index (χ0n) is 16.5. The number of urea groups is 1. The first kappa shape index (κ1) is 20.9. The number of piperidine rings is 1. The van der Waals surface area contributed by atoms with E-state index in [2.05, 4.69) is 10.6 Å². The summed E-state index contributed by atoms with van der Waals surface area (Å²) < 4.78 is 0. The second-order valence-electron chi connectivity index (χ2n) is 7.38. The van der Waals surface area contributed by atoms with Gasteiger partial charge in [0.15, 0.2) is 0 Å². The van der Waals surface area contributed by atoms with Crippen LogP contribution in [0.15, 0.2) is 54.6 Å². The molecule has 1 saturated heterocycles. The lowest BCUT2D eigenvalue weighted by atomic mass is 9.98. The molecule has 1 aliphatic heterocycles. The maximum absolute atomic E-state index is 12.5. The quantitative estimate of drug-likeness (QED) is 0.699. The Kier molecular flexibility index (Phi) is 7.30. The molecule has 0 aromatic heterocycles. The van der Waals surface area contributed by atoms with Crippen LogP contribution in [0.5, 0.6) is 0 Å². The zero-order valence-corrected chi connectivity index (χ0v) is 17.3. The van der Waals surface area contributed by atoms with E-state index >= 15 is 0 Å². The molecule has 1 heterocycles. The van der Waals surface area contributed by atoms with Gasteiger partial charge < -0.3 is 15.5 Å². The number of hydrogen-bond donors (Lipinski definition) is 2. The van der Waals surface area contributed by atoms with E-state index in [-0.39, 0.29) is 17.9 Å². The highest BCUT2D eigenvalue weighted by atomic mass is 35.5. The van der Waals surface area contributed by atoms with Gasteiger partial charge in [-0.1, -0.05) is 41.4 Å². The van der Waals surface area contributed by atoms with E-state index in [9.17, 15) is 9.59 Å². The van der Waals surface area contributed by atoms with Crippen molar-refractivity contribution in [3.63, 3.8) is 0 Å². The lowest BCUT2D eigenvalue weighted by Gasteiger charge is -2.32. The van der Waals surface area contributed by atoms with Crippen LogP contribution in [-0.4, -0.2) is 36.5 Å². The minimum absolute atomic E-state index is 0.0150. The third kappa shape index (κ3) is 6.64. The van der Waals surface area contributed by atoms with Crippen LogP contribution in [-0.2, 0) is 4.79 Å². The van der Waals surface area contributed by atoms with Gasteiger partial charge in [-0.05, 0) is 61.6 Å². The Balaban J connectivity index is 1.46. The van der Waals surface area contributed by atoms with Crippen LogP contribution >= 0.6 is 11.6 Å². The molecule has 3 rings (SSSR count). The van der Waals surface area contributed by atoms with Crippen molar-refractivity contribution < 1.29 is 9.59 Å². The number of likely N-dealkylation sites (tertiary alicyclic amines) is 1. The van der Waals surface area contributed by atoms with Gasteiger partial charge in [0, 0.05) is 36.4 Å². The molecular formula is C23H26ClN3O2. The number of benzene rings is 2. The highest BCUT2D eigenvalue weighted by Crippen LogP contribution is 2.17. The van der Waals surface area contributed by atoms with Crippen LogP contribution in [0.25, 0.3) is 6.08 Å². The first-order valence-electron chi connectivity index (χ1n) is 9.84. The molecule has 1 unspecified atom stereocenters. The van der Waals surface area contributed by atoms with E-state index in [0.29, 0.717) is 18.1 Å². The zero-order chi connectivity index (χ0) is 20.6. The molecule has 3 amide bonds. The van der Waals surface area contributed by atoms with Gasteiger partial charge in [-0.3, -0.25) is 4.79 Å². The lowest BCUT2D eigenvalue weighted by Crippen LogP contribution is -2.43. The lowest BCUT2D eigenvalue weighted by molar-refractivity contribution is -0.127. The predicted octanol–water partition coefficient (Wildman–Crippen LogP) is 4.72. The molecule has 29 heavy (non-hydrogen) atoms. The van der Waals surface area contributed by atoms with Gasteiger partial charge >= 0.3 is 6.03 Å². The topological polar surface area (TPSA) is 61.4 Å². The normalized spacial score (nSPS) is 16.6.